The second kappa shape index (κ2) is 6.76. The van der Waals surface area contributed by atoms with Gasteiger partial charge in [-0.25, -0.2) is 4.79 Å². The van der Waals surface area contributed by atoms with Crippen molar-refractivity contribution in [3.8, 4) is 0 Å². The molecule has 0 radical (unpaired) electrons. The van der Waals surface area contributed by atoms with Crippen molar-refractivity contribution in [2.75, 3.05) is 7.05 Å². The van der Waals surface area contributed by atoms with E-state index >= 15 is 0 Å². The standard InChI is InChI=1S/C22H35NO7/c1-8-19(4)11-13(25)22(28)20(5)12(24)9-10-18(2,3)15(20)14(29-17(27)23-7)16(26)21(22,6)30-19/h8,12,14-16,24,26,28H,1,9-11H2,2-7H3,(H,23,27)/t12-,14-,15-,16-,19-,20-,21+,22-/m0/s1. The number of ketones is 1. The number of fused-ring (bicyclic) bond motifs is 3. The van der Waals surface area contributed by atoms with E-state index in [1.807, 2.05) is 13.8 Å². The molecule has 1 aliphatic heterocycles. The molecule has 0 aromatic heterocycles. The molecule has 2 aliphatic carbocycles. The average Bonchev–Trinajstić information content (AvgIpc) is 2.66. The van der Waals surface area contributed by atoms with E-state index in [0.29, 0.717) is 12.8 Å². The molecule has 3 rings (SSSR count). The lowest BCUT2D eigenvalue weighted by molar-refractivity contribution is -0.369. The number of aliphatic hydroxyl groups excluding tert-OH is 2. The van der Waals surface area contributed by atoms with Gasteiger partial charge < -0.3 is 30.1 Å². The molecule has 3 fully saturated rings. The number of Topliss-reactive ketones (excluding diaryl/α,β-unsaturated/α-hetero) is 1. The number of aliphatic hydroxyl groups is 3. The molecule has 170 valence electrons. The summed E-state index contributed by atoms with van der Waals surface area (Å²) < 4.78 is 11.8. The minimum absolute atomic E-state index is 0.147. The Morgan fingerprint density at radius 2 is 1.87 bits per heavy atom. The molecule has 0 aromatic carbocycles. The largest absolute Gasteiger partial charge is 0.443 e. The Morgan fingerprint density at radius 1 is 1.27 bits per heavy atom. The van der Waals surface area contributed by atoms with Gasteiger partial charge in [0.2, 0.25) is 0 Å². The second-order valence-electron chi connectivity index (χ2n) is 10.4. The fraction of sp³-hybridized carbons (Fsp3) is 0.818. The molecule has 0 aromatic rings. The Bertz CT molecular complexity index is 769. The maximum absolute atomic E-state index is 13.6. The van der Waals surface area contributed by atoms with Crippen LogP contribution in [-0.2, 0) is 14.3 Å². The number of alkyl carbamates (subject to hydrolysis) is 1. The first kappa shape index (κ1) is 23.2. The number of amides is 1. The quantitative estimate of drug-likeness (QED) is 0.492. The van der Waals surface area contributed by atoms with Crippen LogP contribution in [0.15, 0.2) is 12.7 Å². The first-order chi connectivity index (χ1) is 13.6. The summed E-state index contributed by atoms with van der Waals surface area (Å²) in [5, 5.41) is 37.2. The van der Waals surface area contributed by atoms with Crippen LogP contribution in [0.1, 0.15) is 53.9 Å². The van der Waals surface area contributed by atoms with E-state index in [1.165, 1.54) is 20.0 Å². The van der Waals surface area contributed by atoms with E-state index in [9.17, 15) is 24.9 Å². The topological polar surface area (TPSA) is 125 Å². The number of hydrogen-bond acceptors (Lipinski definition) is 7. The molecule has 30 heavy (non-hydrogen) atoms. The second-order valence-corrected chi connectivity index (χ2v) is 10.4. The Kier molecular flexibility index (Phi) is 5.22. The lowest BCUT2D eigenvalue weighted by Crippen LogP contribution is -2.86. The molecule has 2 saturated carbocycles. The van der Waals surface area contributed by atoms with Gasteiger partial charge in [-0.05, 0) is 32.1 Å². The van der Waals surface area contributed by atoms with Crippen molar-refractivity contribution in [2.24, 2.45) is 16.7 Å². The van der Waals surface area contributed by atoms with Crippen LogP contribution in [0.2, 0.25) is 0 Å². The minimum Gasteiger partial charge on any atom is -0.443 e. The van der Waals surface area contributed by atoms with Crippen molar-refractivity contribution in [3.63, 3.8) is 0 Å². The van der Waals surface area contributed by atoms with Crippen molar-refractivity contribution in [1.82, 2.24) is 5.32 Å². The van der Waals surface area contributed by atoms with Crippen LogP contribution in [-0.4, -0.2) is 69.4 Å². The van der Waals surface area contributed by atoms with E-state index in [4.69, 9.17) is 9.47 Å². The number of rotatable bonds is 2. The SMILES string of the molecule is C=C[C@@]1(C)CC(=O)[C@]2(O)[C@@]3(C)[C@@H](O)CCC(C)(C)[C@@H]3[C@H](OC(=O)NC)[C@H](O)[C@@]2(C)O1. The summed E-state index contributed by atoms with van der Waals surface area (Å²) in [4.78, 5) is 25.8. The molecule has 0 bridgehead atoms. The normalized spacial score (nSPS) is 50.1. The number of carbonyl (C=O) groups excluding carboxylic acids is 2. The van der Waals surface area contributed by atoms with Crippen molar-refractivity contribution >= 4 is 11.9 Å². The average molecular weight is 426 g/mol. The summed E-state index contributed by atoms with van der Waals surface area (Å²) in [7, 11) is 1.41. The highest BCUT2D eigenvalue weighted by Crippen LogP contribution is 2.67. The molecule has 4 N–H and O–H groups in total. The fourth-order valence-electron chi connectivity index (χ4n) is 6.59. The maximum atomic E-state index is 13.6. The molecule has 8 heteroatoms. The number of carbonyl (C=O) groups is 2. The highest BCUT2D eigenvalue weighted by atomic mass is 16.6. The van der Waals surface area contributed by atoms with Crippen molar-refractivity contribution in [3.05, 3.63) is 12.7 Å². The number of nitrogens with one attached hydrogen (secondary N) is 1. The minimum atomic E-state index is -2.20. The van der Waals surface area contributed by atoms with Crippen LogP contribution in [0, 0.1) is 16.7 Å². The number of ether oxygens (including phenoxy) is 2. The third-order valence-corrected chi connectivity index (χ3v) is 8.18. The van der Waals surface area contributed by atoms with Crippen molar-refractivity contribution in [2.45, 2.75) is 89.0 Å². The van der Waals surface area contributed by atoms with Crippen molar-refractivity contribution < 1.29 is 34.4 Å². The first-order valence-electron chi connectivity index (χ1n) is 10.5. The predicted octanol–water partition coefficient (Wildman–Crippen LogP) is 1.31. The first-order valence-corrected chi connectivity index (χ1v) is 10.5. The third kappa shape index (κ3) is 2.66. The van der Waals surface area contributed by atoms with Gasteiger partial charge in [0.1, 0.15) is 17.8 Å². The zero-order valence-corrected chi connectivity index (χ0v) is 18.7. The van der Waals surface area contributed by atoms with E-state index in [-0.39, 0.29) is 6.42 Å². The Labute approximate surface area is 177 Å². The monoisotopic (exact) mass is 425 g/mol. The van der Waals surface area contributed by atoms with Gasteiger partial charge in [-0.3, -0.25) is 4.79 Å². The predicted molar refractivity (Wildman–Crippen MR) is 109 cm³/mol. The summed E-state index contributed by atoms with van der Waals surface area (Å²) in [6.07, 6.45) is -2.22. The third-order valence-electron chi connectivity index (χ3n) is 8.18. The van der Waals surface area contributed by atoms with Crippen LogP contribution in [0.3, 0.4) is 0 Å². The molecular weight excluding hydrogens is 390 g/mol. The molecule has 1 amide bonds. The lowest BCUT2D eigenvalue weighted by atomic mass is 9.40. The van der Waals surface area contributed by atoms with E-state index in [1.54, 1.807) is 13.8 Å². The van der Waals surface area contributed by atoms with E-state index in [2.05, 4.69) is 11.9 Å². The van der Waals surface area contributed by atoms with Gasteiger partial charge in [0.15, 0.2) is 11.4 Å². The van der Waals surface area contributed by atoms with E-state index in [0.717, 1.165) is 0 Å². The van der Waals surface area contributed by atoms with Crippen molar-refractivity contribution in [1.29, 1.82) is 0 Å². The van der Waals surface area contributed by atoms with Gasteiger partial charge in [-0.1, -0.05) is 26.8 Å². The summed E-state index contributed by atoms with van der Waals surface area (Å²) in [5.74, 6) is -1.24. The van der Waals surface area contributed by atoms with Crippen LogP contribution >= 0.6 is 0 Å². The van der Waals surface area contributed by atoms with Crippen LogP contribution in [0.5, 0.6) is 0 Å². The van der Waals surface area contributed by atoms with Gasteiger partial charge in [0.05, 0.1) is 11.7 Å². The van der Waals surface area contributed by atoms with Gasteiger partial charge in [0, 0.05) is 24.8 Å². The molecule has 8 atom stereocenters. The lowest BCUT2D eigenvalue weighted by Gasteiger charge is -2.71. The highest BCUT2D eigenvalue weighted by Gasteiger charge is 2.81. The van der Waals surface area contributed by atoms with Gasteiger partial charge in [0.25, 0.3) is 0 Å². The molecule has 8 nitrogen and oxygen atoms in total. The van der Waals surface area contributed by atoms with Crippen LogP contribution in [0.25, 0.3) is 0 Å². The Hall–Kier alpha value is -1.48. The summed E-state index contributed by atoms with van der Waals surface area (Å²) in [6, 6.07) is 0. The van der Waals surface area contributed by atoms with Gasteiger partial charge in [-0.2, -0.15) is 0 Å². The number of hydrogen-bond donors (Lipinski definition) is 4. The van der Waals surface area contributed by atoms with E-state index < -0.39 is 63.7 Å². The summed E-state index contributed by atoms with van der Waals surface area (Å²) in [6.45, 7) is 12.4. The zero-order valence-electron chi connectivity index (χ0n) is 18.7. The van der Waals surface area contributed by atoms with Gasteiger partial charge in [-0.15, -0.1) is 6.58 Å². The Morgan fingerprint density at radius 3 is 2.40 bits per heavy atom. The fourth-order valence-corrected chi connectivity index (χ4v) is 6.59. The molecule has 3 aliphatic rings. The Balaban J connectivity index is 2.30. The summed E-state index contributed by atoms with van der Waals surface area (Å²) in [5.41, 5.74) is -7.16. The molecule has 0 spiro atoms. The van der Waals surface area contributed by atoms with Crippen LogP contribution < -0.4 is 5.32 Å². The highest BCUT2D eigenvalue weighted by molar-refractivity contribution is 5.92. The van der Waals surface area contributed by atoms with Crippen LogP contribution in [0.4, 0.5) is 4.79 Å². The molecule has 1 saturated heterocycles. The molecular formula is C22H35NO7. The molecule has 0 unspecified atom stereocenters. The maximum Gasteiger partial charge on any atom is 0.407 e. The van der Waals surface area contributed by atoms with Gasteiger partial charge >= 0.3 is 6.09 Å². The molecule has 1 heterocycles. The summed E-state index contributed by atoms with van der Waals surface area (Å²) >= 11 is 0. The zero-order chi connectivity index (χ0) is 22.9. The smallest absolute Gasteiger partial charge is 0.407 e.